The summed E-state index contributed by atoms with van der Waals surface area (Å²) in [5.41, 5.74) is 2.08. The number of hydrogen-bond acceptors (Lipinski definition) is 4. The minimum atomic E-state index is -3.51. The molecule has 1 atom stereocenters. The van der Waals surface area contributed by atoms with Crippen LogP contribution in [0.25, 0.3) is 0 Å². The molecular weight excluding hydrogens is 338 g/mol. The summed E-state index contributed by atoms with van der Waals surface area (Å²) in [5.74, 6) is 0. The topological polar surface area (TPSA) is 64.4 Å². The van der Waals surface area contributed by atoms with Crippen LogP contribution in [0.3, 0.4) is 0 Å². The van der Waals surface area contributed by atoms with Crippen molar-refractivity contribution in [2.45, 2.75) is 44.2 Å². The highest BCUT2D eigenvalue weighted by Crippen LogP contribution is 2.26. The predicted molar refractivity (Wildman–Crippen MR) is 95.8 cm³/mol. The molecule has 0 spiro atoms. The quantitative estimate of drug-likeness (QED) is 0.791. The molecule has 6 nitrogen and oxygen atoms in total. The minimum absolute atomic E-state index is 0.275. The molecule has 1 aromatic heterocycles. The first kappa shape index (κ1) is 18.1. The fourth-order valence-corrected chi connectivity index (χ4v) is 4.45. The third-order valence-corrected chi connectivity index (χ3v) is 6.36. The van der Waals surface area contributed by atoms with E-state index in [2.05, 4.69) is 12.0 Å². The van der Waals surface area contributed by atoms with Gasteiger partial charge in [-0.15, -0.1) is 0 Å². The molecule has 0 aliphatic carbocycles. The van der Waals surface area contributed by atoms with Crippen molar-refractivity contribution in [3.63, 3.8) is 0 Å². The van der Waals surface area contributed by atoms with Crippen molar-refractivity contribution < 1.29 is 13.2 Å². The summed E-state index contributed by atoms with van der Waals surface area (Å²) in [6.45, 7) is 5.97. The monoisotopic (exact) mass is 363 g/mol. The van der Waals surface area contributed by atoms with Crippen LogP contribution >= 0.6 is 0 Å². The molecule has 136 valence electrons. The van der Waals surface area contributed by atoms with E-state index in [1.165, 1.54) is 4.31 Å². The van der Waals surface area contributed by atoms with Gasteiger partial charge < -0.3 is 4.74 Å². The third-order valence-electron chi connectivity index (χ3n) is 4.48. The van der Waals surface area contributed by atoms with Crippen LogP contribution < -0.4 is 0 Å². The van der Waals surface area contributed by atoms with Gasteiger partial charge in [-0.3, -0.25) is 4.68 Å². The fourth-order valence-electron chi connectivity index (χ4n) is 3.03. The zero-order valence-corrected chi connectivity index (χ0v) is 15.6. The Morgan fingerprint density at radius 2 is 2.00 bits per heavy atom. The maximum atomic E-state index is 12.9. The summed E-state index contributed by atoms with van der Waals surface area (Å²) in [7, 11) is -3.51. The third kappa shape index (κ3) is 3.94. The van der Waals surface area contributed by atoms with Gasteiger partial charge in [-0.25, -0.2) is 8.42 Å². The van der Waals surface area contributed by atoms with Gasteiger partial charge in [0.05, 0.1) is 23.8 Å². The first-order valence-electron chi connectivity index (χ1n) is 8.77. The normalized spacial score (nSPS) is 19.2. The molecule has 2 aromatic rings. The molecule has 0 unspecified atom stereocenters. The molecule has 3 rings (SSSR count). The fraction of sp³-hybridized carbons (Fsp3) is 0.500. The van der Waals surface area contributed by atoms with Crippen LogP contribution in [-0.4, -0.2) is 42.2 Å². The van der Waals surface area contributed by atoms with Gasteiger partial charge in [-0.2, -0.15) is 9.40 Å². The van der Waals surface area contributed by atoms with Crippen molar-refractivity contribution in [3.05, 3.63) is 47.8 Å². The highest BCUT2D eigenvalue weighted by atomic mass is 32.2. The molecule has 0 amide bonds. The van der Waals surface area contributed by atoms with Crippen LogP contribution in [-0.2, 0) is 27.7 Å². The SMILES string of the molecule is CCCc1ccc(S(=O)(=O)N2CCO[C@H](c3cnn(CC)c3)C2)cc1. The van der Waals surface area contributed by atoms with E-state index >= 15 is 0 Å². The van der Waals surface area contributed by atoms with Crippen LogP contribution in [0.4, 0.5) is 0 Å². The van der Waals surface area contributed by atoms with Gasteiger partial charge in [-0.05, 0) is 31.0 Å². The average Bonchev–Trinajstić information content (AvgIpc) is 3.12. The van der Waals surface area contributed by atoms with E-state index in [-0.39, 0.29) is 6.10 Å². The molecule has 1 aliphatic heterocycles. The largest absolute Gasteiger partial charge is 0.371 e. The van der Waals surface area contributed by atoms with Crippen molar-refractivity contribution in [1.29, 1.82) is 0 Å². The molecule has 1 saturated heterocycles. The van der Waals surface area contributed by atoms with Crippen molar-refractivity contribution in [2.75, 3.05) is 19.7 Å². The van der Waals surface area contributed by atoms with Crippen molar-refractivity contribution in [1.82, 2.24) is 14.1 Å². The van der Waals surface area contributed by atoms with Gasteiger partial charge in [-0.1, -0.05) is 25.5 Å². The number of aromatic nitrogens is 2. The van der Waals surface area contributed by atoms with Crippen molar-refractivity contribution in [3.8, 4) is 0 Å². The summed E-state index contributed by atoms with van der Waals surface area (Å²) in [6.07, 6.45) is 5.40. The van der Waals surface area contributed by atoms with Crippen LogP contribution in [0.5, 0.6) is 0 Å². The number of hydrogen-bond donors (Lipinski definition) is 0. The predicted octanol–water partition coefficient (Wildman–Crippen LogP) is 2.62. The molecule has 0 saturated carbocycles. The van der Waals surface area contributed by atoms with Crippen LogP contribution in [0.2, 0.25) is 0 Å². The zero-order chi connectivity index (χ0) is 17.9. The van der Waals surface area contributed by atoms with Crippen LogP contribution in [0.1, 0.15) is 37.5 Å². The Bertz CT molecular complexity index is 799. The number of nitrogens with zero attached hydrogens (tertiary/aromatic N) is 3. The second-order valence-electron chi connectivity index (χ2n) is 6.25. The Morgan fingerprint density at radius 3 is 2.64 bits per heavy atom. The summed E-state index contributed by atoms with van der Waals surface area (Å²) >= 11 is 0. The molecule has 7 heteroatoms. The summed E-state index contributed by atoms with van der Waals surface area (Å²) in [6, 6.07) is 7.22. The van der Waals surface area contributed by atoms with Gasteiger partial charge in [0.2, 0.25) is 10.0 Å². The van der Waals surface area contributed by atoms with E-state index in [9.17, 15) is 8.42 Å². The maximum absolute atomic E-state index is 12.9. The number of aryl methyl sites for hydroxylation is 2. The average molecular weight is 363 g/mol. The number of sulfonamides is 1. The van der Waals surface area contributed by atoms with Crippen molar-refractivity contribution in [2.24, 2.45) is 0 Å². The van der Waals surface area contributed by atoms with Gasteiger partial charge in [0, 0.05) is 31.4 Å². The Balaban J connectivity index is 1.77. The minimum Gasteiger partial charge on any atom is -0.371 e. The first-order valence-corrected chi connectivity index (χ1v) is 10.2. The zero-order valence-electron chi connectivity index (χ0n) is 14.8. The van der Waals surface area contributed by atoms with Gasteiger partial charge in [0.15, 0.2) is 0 Å². The summed E-state index contributed by atoms with van der Waals surface area (Å²) in [4.78, 5) is 0.345. The van der Waals surface area contributed by atoms with E-state index in [1.54, 1.807) is 18.3 Å². The number of rotatable bonds is 6. The molecule has 0 radical (unpaired) electrons. The second-order valence-corrected chi connectivity index (χ2v) is 8.18. The Labute approximate surface area is 149 Å². The van der Waals surface area contributed by atoms with E-state index in [1.807, 2.05) is 29.9 Å². The molecule has 25 heavy (non-hydrogen) atoms. The Morgan fingerprint density at radius 1 is 1.24 bits per heavy atom. The first-order chi connectivity index (χ1) is 12.0. The molecular formula is C18H25N3O3S. The van der Waals surface area contributed by atoms with Gasteiger partial charge in [0.1, 0.15) is 0 Å². The van der Waals surface area contributed by atoms with E-state index in [0.717, 1.165) is 30.5 Å². The van der Waals surface area contributed by atoms with E-state index < -0.39 is 10.0 Å². The van der Waals surface area contributed by atoms with Gasteiger partial charge >= 0.3 is 0 Å². The molecule has 1 aromatic carbocycles. The number of benzene rings is 1. The van der Waals surface area contributed by atoms with E-state index in [0.29, 0.717) is 24.6 Å². The van der Waals surface area contributed by atoms with E-state index in [4.69, 9.17) is 4.74 Å². The lowest BCUT2D eigenvalue weighted by molar-refractivity contribution is -0.00260. The van der Waals surface area contributed by atoms with Crippen LogP contribution in [0, 0.1) is 0 Å². The standard InChI is InChI=1S/C18H25N3O3S/c1-3-5-15-6-8-17(9-7-15)25(22,23)21-10-11-24-18(14-21)16-12-19-20(4-2)13-16/h6-9,12-13,18H,3-5,10-11,14H2,1-2H3/t18-/m0/s1. The highest BCUT2D eigenvalue weighted by Gasteiger charge is 2.32. The molecule has 0 bridgehead atoms. The summed E-state index contributed by atoms with van der Waals surface area (Å²) < 4.78 is 35.0. The number of morpholine rings is 1. The lowest BCUT2D eigenvalue weighted by Crippen LogP contribution is -2.42. The van der Waals surface area contributed by atoms with Crippen molar-refractivity contribution >= 4 is 10.0 Å². The van der Waals surface area contributed by atoms with Crippen LogP contribution in [0.15, 0.2) is 41.6 Å². The maximum Gasteiger partial charge on any atom is 0.243 e. The smallest absolute Gasteiger partial charge is 0.243 e. The Hall–Kier alpha value is -1.70. The summed E-state index contributed by atoms with van der Waals surface area (Å²) in [5, 5.41) is 4.25. The number of ether oxygens (including phenoxy) is 1. The van der Waals surface area contributed by atoms with Gasteiger partial charge in [0.25, 0.3) is 0 Å². The molecule has 0 N–H and O–H groups in total. The highest BCUT2D eigenvalue weighted by molar-refractivity contribution is 7.89. The molecule has 1 fully saturated rings. The lowest BCUT2D eigenvalue weighted by atomic mass is 10.1. The second kappa shape index (κ2) is 7.68. The molecule has 2 heterocycles. The Kier molecular flexibility index (Phi) is 5.56. The molecule has 1 aliphatic rings. The lowest BCUT2D eigenvalue weighted by Gasteiger charge is -2.31.